The predicted molar refractivity (Wildman–Crippen MR) is 70.9 cm³/mol. The van der Waals surface area contributed by atoms with Crippen LogP contribution in [0.2, 0.25) is 0 Å². The Kier molecular flexibility index (Phi) is 2.89. The summed E-state index contributed by atoms with van der Waals surface area (Å²) in [4.78, 5) is 12.1. The van der Waals surface area contributed by atoms with E-state index in [2.05, 4.69) is 22.4 Å². The third-order valence-corrected chi connectivity index (χ3v) is 3.74. The van der Waals surface area contributed by atoms with Gasteiger partial charge >= 0.3 is 0 Å². The highest BCUT2D eigenvalue weighted by Gasteiger charge is 2.46. The van der Waals surface area contributed by atoms with Crippen molar-refractivity contribution in [3.63, 3.8) is 0 Å². The van der Waals surface area contributed by atoms with Gasteiger partial charge in [0.25, 0.3) is 0 Å². The standard InChI is InChI=1S/C14H17N3O2/c1-3-11-8(2)13(17-16-11)15-14(18)10-7-9(10)12-5-4-6-19-12/h4-6,9-10H,3,7H2,1-2H3,(H2,15,16,17,18)/t9-,10-/m1/s1. The van der Waals surface area contributed by atoms with E-state index in [-0.39, 0.29) is 17.7 Å². The lowest BCUT2D eigenvalue weighted by Crippen LogP contribution is -2.15. The van der Waals surface area contributed by atoms with Crippen molar-refractivity contribution in [2.24, 2.45) is 5.92 Å². The maximum Gasteiger partial charge on any atom is 0.229 e. The Morgan fingerprint density at radius 3 is 3.11 bits per heavy atom. The van der Waals surface area contributed by atoms with Gasteiger partial charge in [0, 0.05) is 23.1 Å². The van der Waals surface area contributed by atoms with E-state index in [0.717, 1.165) is 29.9 Å². The number of H-pyrrole nitrogens is 1. The van der Waals surface area contributed by atoms with Crippen molar-refractivity contribution < 1.29 is 9.21 Å². The maximum atomic E-state index is 12.1. The molecule has 0 bridgehead atoms. The third kappa shape index (κ3) is 2.16. The number of nitrogens with one attached hydrogen (secondary N) is 2. The SMILES string of the molecule is CCc1[nH]nc(NC(=O)[C@@H]2C[C@H]2c2ccco2)c1C. The molecule has 2 N–H and O–H groups in total. The quantitative estimate of drug-likeness (QED) is 0.886. The molecule has 19 heavy (non-hydrogen) atoms. The van der Waals surface area contributed by atoms with Crippen molar-refractivity contribution in [1.82, 2.24) is 10.2 Å². The second-order valence-corrected chi connectivity index (χ2v) is 4.98. The summed E-state index contributed by atoms with van der Waals surface area (Å²) in [5.41, 5.74) is 2.08. The molecule has 0 aliphatic heterocycles. The summed E-state index contributed by atoms with van der Waals surface area (Å²) in [6.07, 6.45) is 3.38. The number of aromatic amines is 1. The van der Waals surface area contributed by atoms with Crippen molar-refractivity contribution in [3.05, 3.63) is 35.4 Å². The molecule has 1 aliphatic rings. The molecule has 1 saturated carbocycles. The molecule has 0 spiro atoms. The Morgan fingerprint density at radius 2 is 2.47 bits per heavy atom. The number of anilines is 1. The molecule has 0 saturated heterocycles. The molecule has 5 nitrogen and oxygen atoms in total. The van der Waals surface area contributed by atoms with Gasteiger partial charge in [-0.2, -0.15) is 5.10 Å². The van der Waals surface area contributed by atoms with Crippen molar-refractivity contribution in [2.45, 2.75) is 32.6 Å². The number of hydrogen-bond donors (Lipinski definition) is 2. The number of rotatable bonds is 4. The van der Waals surface area contributed by atoms with Crippen LogP contribution in [0.5, 0.6) is 0 Å². The van der Waals surface area contributed by atoms with Gasteiger partial charge in [0.05, 0.1) is 6.26 Å². The van der Waals surface area contributed by atoms with Crippen molar-refractivity contribution in [1.29, 1.82) is 0 Å². The fourth-order valence-corrected chi connectivity index (χ4v) is 2.41. The summed E-state index contributed by atoms with van der Waals surface area (Å²) in [5, 5.41) is 9.98. The van der Waals surface area contributed by atoms with Gasteiger partial charge in [-0.1, -0.05) is 6.92 Å². The minimum Gasteiger partial charge on any atom is -0.469 e. The molecule has 5 heteroatoms. The smallest absolute Gasteiger partial charge is 0.229 e. The maximum absolute atomic E-state index is 12.1. The molecule has 3 rings (SSSR count). The van der Waals surface area contributed by atoms with E-state index in [0.29, 0.717) is 5.82 Å². The van der Waals surface area contributed by atoms with Crippen LogP contribution in [0, 0.1) is 12.8 Å². The first-order valence-electron chi connectivity index (χ1n) is 6.58. The number of carbonyl (C=O) groups is 1. The molecular formula is C14H17N3O2. The Morgan fingerprint density at radius 1 is 1.63 bits per heavy atom. The average Bonchev–Trinajstić information content (AvgIpc) is 2.87. The fraction of sp³-hybridized carbons (Fsp3) is 0.429. The fourth-order valence-electron chi connectivity index (χ4n) is 2.41. The van der Waals surface area contributed by atoms with E-state index in [1.165, 1.54) is 0 Å². The van der Waals surface area contributed by atoms with Gasteiger partial charge in [-0.05, 0) is 31.9 Å². The van der Waals surface area contributed by atoms with E-state index in [4.69, 9.17) is 4.42 Å². The molecule has 2 aromatic rings. The van der Waals surface area contributed by atoms with E-state index >= 15 is 0 Å². The highest BCUT2D eigenvalue weighted by atomic mass is 16.3. The Labute approximate surface area is 111 Å². The summed E-state index contributed by atoms with van der Waals surface area (Å²) in [7, 11) is 0. The van der Waals surface area contributed by atoms with Crippen LogP contribution in [0.3, 0.4) is 0 Å². The van der Waals surface area contributed by atoms with Crippen LogP contribution in [0.15, 0.2) is 22.8 Å². The lowest BCUT2D eigenvalue weighted by molar-refractivity contribution is -0.117. The highest BCUT2D eigenvalue weighted by Crippen LogP contribution is 2.48. The predicted octanol–water partition coefficient (Wildman–Crippen LogP) is 2.62. The van der Waals surface area contributed by atoms with Crippen LogP contribution in [0.1, 0.15) is 36.3 Å². The second kappa shape index (κ2) is 4.57. The number of aryl methyl sites for hydroxylation is 1. The number of carbonyl (C=O) groups excluding carboxylic acids is 1. The molecule has 100 valence electrons. The monoisotopic (exact) mass is 259 g/mol. The zero-order chi connectivity index (χ0) is 13.4. The van der Waals surface area contributed by atoms with Gasteiger partial charge in [0.2, 0.25) is 5.91 Å². The molecular weight excluding hydrogens is 242 g/mol. The molecule has 0 radical (unpaired) electrons. The summed E-state index contributed by atoms with van der Waals surface area (Å²) in [6.45, 7) is 4.02. The first kappa shape index (κ1) is 12.0. The van der Waals surface area contributed by atoms with E-state index in [9.17, 15) is 4.79 Å². The van der Waals surface area contributed by atoms with Crippen LogP contribution < -0.4 is 5.32 Å². The van der Waals surface area contributed by atoms with Crippen molar-refractivity contribution in [2.75, 3.05) is 5.32 Å². The van der Waals surface area contributed by atoms with Crippen molar-refractivity contribution >= 4 is 11.7 Å². The van der Waals surface area contributed by atoms with Crippen LogP contribution in [0.4, 0.5) is 5.82 Å². The molecule has 2 aromatic heterocycles. The molecule has 1 fully saturated rings. The Bertz CT molecular complexity index is 586. The molecule has 1 aliphatic carbocycles. The van der Waals surface area contributed by atoms with Crippen molar-refractivity contribution in [3.8, 4) is 0 Å². The van der Waals surface area contributed by atoms with E-state index in [1.807, 2.05) is 19.1 Å². The number of amides is 1. The summed E-state index contributed by atoms with van der Waals surface area (Å²) in [5.74, 6) is 1.80. The normalized spacial score (nSPS) is 21.4. The summed E-state index contributed by atoms with van der Waals surface area (Å²) in [6, 6.07) is 3.78. The van der Waals surface area contributed by atoms with E-state index in [1.54, 1.807) is 6.26 Å². The van der Waals surface area contributed by atoms with Gasteiger partial charge in [-0.15, -0.1) is 0 Å². The Hall–Kier alpha value is -2.04. The zero-order valence-electron chi connectivity index (χ0n) is 11.1. The topological polar surface area (TPSA) is 70.9 Å². The number of furan rings is 1. The first-order valence-corrected chi connectivity index (χ1v) is 6.58. The Balaban J connectivity index is 1.65. The lowest BCUT2D eigenvalue weighted by atomic mass is 10.2. The number of hydrogen-bond acceptors (Lipinski definition) is 3. The summed E-state index contributed by atoms with van der Waals surface area (Å²) >= 11 is 0. The van der Waals surface area contributed by atoms with Gasteiger partial charge in [0.15, 0.2) is 5.82 Å². The minimum atomic E-state index is 0.00678. The molecule has 2 atom stereocenters. The summed E-state index contributed by atoms with van der Waals surface area (Å²) < 4.78 is 5.33. The lowest BCUT2D eigenvalue weighted by Gasteiger charge is -2.02. The minimum absolute atomic E-state index is 0.00678. The van der Waals surface area contributed by atoms with E-state index < -0.39 is 0 Å². The average molecular weight is 259 g/mol. The zero-order valence-corrected chi connectivity index (χ0v) is 11.1. The van der Waals surface area contributed by atoms with Crippen LogP contribution in [0.25, 0.3) is 0 Å². The molecule has 2 heterocycles. The van der Waals surface area contributed by atoms with Crippen LogP contribution >= 0.6 is 0 Å². The second-order valence-electron chi connectivity index (χ2n) is 4.98. The largest absolute Gasteiger partial charge is 0.469 e. The third-order valence-electron chi connectivity index (χ3n) is 3.74. The highest BCUT2D eigenvalue weighted by molar-refractivity contribution is 5.95. The molecule has 0 unspecified atom stereocenters. The number of aromatic nitrogens is 2. The molecule has 1 amide bonds. The van der Waals surface area contributed by atoms with Gasteiger partial charge in [-0.3, -0.25) is 9.89 Å². The molecule has 0 aromatic carbocycles. The number of nitrogens with zero attached hydrogens (tertiary/aromatic N) is 1. The first-order chi connectivity index (χ1) is 9.20. The van der Waals surface area contributed by atoms with Gasteiger partial charge < -0.3 is 9.73 Å². The van der Waals surface area contributed by atoms with Gasteiger partial charge in [-0.25, -0.2) is 0 Å². The van der Waals surface area contributed by atoms with Crippen LogP contribution in [-0.2, 0) is 11.2 Å². The van der Waals surface area contributed by atoms with Gasteiger partial charge in [0.1, 0.15) is 5.76 Å². The van der Waals surface area contributed by atoms with Crippen LogP contribution in [-0.4, -0.2) is 16.1 Å².